The lowest BCUT2D eigenvalue weighted by Crippen LogP contribution is -2.37. The lowest BCUT2D eigenvalue weighted by Gasteiger charge is -2.20. The monoisotopic (exact) mass is 267 g/mol. The molecular formula is C14H21NO4. The van der Waals surface area contributed by atoms with Gasteiger partial charge in [0, 0.05) is 13.0 Å². The van der Waals surface area contributed by atoms with E-state index in [2.05, 4.69) is 0 Å². The second-order valence-corrected chi connectivity index (χ2v) is 4.14. The van der Waals surface area contributed by atoms with E-state index in [0.717, 1.165) is 6.42 Å². The fraction of sp³-hybridized carbons (Fsp3) is 0.571. The van der Waals surface area contributed by atoms with Crippen molar-refractivity contribution >= 4 is 11.9 Å². The van der Waals surface area contributed by atoms with Gasteiger partial charge in [0.2, 0.25) is 0 Å². The van der Waals surface area contributed by atoms with Crippen LogP contribution in [0.3, 0.4) is 0 Å². The molecule has 0 N–H and O–H groups in total. The Labute approximate surface area is 113 Å². The van der Waals surface area contributed by atoms with Crippen LogP contribution in [-0.4, -0.2) is 36.5 Å². The number of carbonyl (C=O) groups excluding carboxylic acids is 2. The van der Waals surface area contributed by atoms with E-state index >= 15 is 0 Å². The highest BCUT2D eigenvalue weighted by Gasteiger charge is 2.22. The number of aryl methyl sites for hydroxylation is 1. The molecule has 5 heteroatoms. The molecule has 0 aromatic carbocycles. The molecule has 0 bridgehead atoms. The maximum absolute atomic E-state index is 12.4. The number of ether oxygens (including phenoxy) is 1. The maximum Gasteiger partial charge on any atom is 0.325 e. The van der Waals surface area contributed by atoms with Gasteiger partial charge in [0.05, 0.1) is 18.4 Å². The van der Waals surface area contributed by atoms with E-state index in [1.54, 1.807) is 13.0 Å². The predicted molar refractivity (Wildman–Crippen MR) is 70.9 cm³/mol. The SMILES string of the molecule is CCCN(CC(=O)OCC)C(=O)c1ccoc1CC. The Morgan fingerprint density at radius 3 is 2.63 bits per heavy atom. The van der Waals surface area contributed by atoms with Gasteiger partial charge in [0.1, 0.15) is 12.3 Å². The van der Waals surface area contributed by atoms with E-state index in [4.69, 9.17) is 9.15 Å². The molecular weight excluding hydrogens is 246 g/mol. The van der Waals surface area contributed by atoms with E-state index in [9.17, 15) is 9.59 Å². The normalized spacial score (nSPS) is 10.3. The van der Waals surface area contributed by atoms with Gasteiger partial charge in [0.15, 0.2) is 0 Å². The molecule has 0 fully saturated rings. The Morgan fingerprint density at radius 2 is 2.05 bits per heavy atom. The van der Waals surface area contributed by atoms with Crippen LogP contribution in [0.4, 0.5) is 0 Å². The van der Waals surface area contributed by atoms with Crippen molar-refractivity contribution in [3.63, 3.8) is 0 Å². The number of hydrogen-bond acceptors (Lipinski definition) is 4. The van der Waals surface area contributed by atoms with Crippen molar-refractivity contribution < 1.29 is 18.7 Å². The third kappa shape index (κ3) is 4.12. The van der Waals surface area contributed by atoms with Crippen molar-refractivity contribution in [1.29, 1.82) is 0 Å². The van der Waals surface area contributed by atoms with Crippen molar-refractivity contribution in [3.8, 4) is 0 Å². The summed E-state index contributed by atoms with van der Waals surface area (Å²) in [6, 6.07) is 1.65. The summed E-state index contributed by atoms with van der Waals surface area (Å²) in [5, 5.41) is 0. The van der Waals surface area contributed by atoms with Gasteiger partial charge >= 0.3 is 5.97 Å². The zero-order valence-corrected chi connectivity index (χ0v) is 11.8. The lowest BCUT2D eigenvalue weighted by atomic mass is 10.2. The van der Waals surface area contributed by atoms with Gasteiger partial charge in [-0.3, -0.25) is 9.59 Å². The van der Waals surface area contributed by atoms with Gasteiger partial charge in [0.25, 0.3) is 5.91 Å². The fourth-order valence-electron chi connectivity index (χ4n) is 1.86. The molecule has 0 spiro atoms. The number of amides is 1. The Hall–Kier alpha value is -1.78. The van der Waals surface area contributed by atoms with E-state index in [0.29, 0.717) is 30.9 Å². The topological polar surface area (TPSA) is 59.8 Å². The quantitative estimate of drug-likeness (QED) is 0.711. The Bertz CT molecular complexity index is 425. The van der Waals surface area contributed by atoms with Crippen LogP contribution in [0.1, 0.15) is 43.3 Å². The highest BCUT2D eigenvalue weighted by Crippen LogP contribution is 2.14. The molecule has 0 unspecified atom stereocenters. The highest BCUT2D eigenvalue weighted by molar-refractivity contribution is 5.96. The first-order valence-electron chi connectivity index (χ1n) is 6.65. The van der Waals surface area contributed by atoms with Gasteiger partial charge in [-0.2, -0.15) is 0 Å². The number of furan rings is 1. The Balaban J connectivity index is 2.80. The summed E-state index contributed by atoms with van der Waals surface area (Å²) in [6.45, 7) is 6.45. The van der Waals surface area contributed by atoms with Crippen LogP contribution >= 0.6 is 0 Å². The van der Waals surface area contributed by atoms with E-state index in [1.165, 1.54) is 11.2 Å². The zero-order chi connectivity index (χ0) is 14.3. The van der Waals surface area contributed by atoms with Gasteiger partial charge in [-0.25, -0.2) is 0 Å². The van der Waals surface area contributed by atoms with Crippen LogP contribution in [0.25, 0.3) is 0 Å². The van der Waals surface area contributed by atoms with Gasteiger partial charge in [-0.1, -0.05) is 13.8 Å². The maximum atomic E-state index is 12.4. The third-order valence-corrected chi connectivity index (χ3v) is 2.70. The van der Waals surface area contributed by atoms with Crippen molar-refractivity contribution in [2.24, 2.45) is 0 Å². The van der Waals surface area contributed by atoms with Crippen molar-refractivity contribution in [2.45, 2.75) is 33.6 Å². The van der Waals surface area contributed by atoms with Crippen LogP contribution in [0, 0.1) is 0 Å². The number of nitrogens with zero attached hydrogens (tertiary/aromatic N) is 1. The summed E-state index contributed by atoms with van der Waals surface area (Å²) in [5.41, 5.74) is 0.528. The van der Waals surface area contributed by atoms with Crippen LogP contribution in [0.15, 0.2) is 16.7 Å². The summed E-state index contributed by atoms with van der Waals surface area (Å²) >= 11 is 0. The fourth-order valence-corrected chi connectivity index (χ4v) is 1.86. The second-order valence-electron chi connectivity index (χ2n) is 4.14. The molecule has 1 rings (SSSR count). The average molecular weight is 267 g/mol. The predicted octanol–water partition coefficient (Wildman–Crippen LogP) is 2.26. The third-order valence-electron chi connectivity index (χ3n) is 2.70. The zero-order valence-electron chi connectivity index (χ0n) is 11.8. The summed E-state index contributed by atoms with van der Waals surface area (Å²) < 4.78 is 10.1. The highest BCUT2D eigenvalue weighted by atomic mass is 16.5. The molecule has 5 nitrogen and oxygen atoms in total. The van der Waals surface area contributed by atoms with Crippen LogP contribution < -0.4 is 0 Å². The Kier molecular flexibility index (Phi) is 6.12. The lowest BCUT2D eigenvalue weighted by molar-refractivity contribution is -0.143. The minimum atomic E-state index is -0.383. The molecule has 0 aliphatic heterocycles. The largest absolute Gasteiger partial charge is 0.469 e. The molecule has 0 aliphatic carbocycles. The molecule has 0 saturated heterocycles. The smallest absolute Gasteiger partial charge is 0.325 e. The van der Waals surface area contributed by atoms with Crippen molar-refractivity contribution in [1.82, 2.24) is 4.90 Å². The first-order valence-corrected chi connectivity index (χ1v) is 6.65. The molecule has 0 atom stereocenters. The first-order chi connectivity index (χ1) is 9.13. The molecule has 1 heterocycles. The average Bonchev–Trinajstić information content (AvgIpc) is 2.86. The molecule has 106 valence electrons. The number of rotatable bonds is 7. The summed E-state index contributed by atoms with van der Waals surface area (Å²) in [4.78, 5) is 25.4. The molecule has 19 heavy (non-hydrogen) atoms. The summed E-state index contributed by atoms with van der Waals surface area (Å²) in [7, 11) is 0. The van der Waals surface area contributed by atoms with Crippen molar-refractivity contribution in [3.05, 3.63) is 23.7 Å². The second kappa shape index (κ2) is 7.61. The first kappa shape index (κ1) is 15.3. The molecule has 0 radical (unpaired) electrons. The summed E-state index contributed by atoms with van der Waals surface area (Å²) in [5.74, 6) is 0.0845. The summed E-state index contributed by atoms with van der Waals surface area (Å²) in [6.07, 6.45) is 2.93. The van der Waals surface area contributed by atoms with E-state index in [1.807, 2.05) is 13.8 Å². The minimum absolute atomic E-state index is 0.0190. The molecule has 0 aliphatic rings. The van der Waals surface area contributed by atoms with Crippen LogP contribution in [0.2, 0.25) is 0 Å². The van der Waals surface area contributed by atoms with E-state index in [-0.39, 0.29) is 18.4 Å². The molecule has 1 aromatic heterocycles. The van der Waals surface area contributed by atoms with Gasteiger partial charge in [-0.15, -0.1) is 0 Å². The number of hydrogen-bond donors (Lipinski definition) is 0. The molecule has 1 aromatic rings. The molecule has 0 saturated carbocycles. The van der Waals surface area contributed by atoms with Crippen LogP contribution in [-0.2, 0) is 16.0 Å². The number of esters is 1. The van der Waals surface area contributed by atoms with Gasteiger partial charge < -0.3 is 14.1 Å². The minimum Gasteiger partial charge on any atom is -0.469 e. The Morgan fingerprint density at radius 1 is 1.32 bits per heavy atom. The molecule has 1 amide bonds. The van der Waals surface area contributed by atoms with Gasteiger partial charge in [-0.05, 0) is 19.4 Å². The van der Waals surface area contributed by atoms with E-state index < -0.39 is 0 Å². The van der Waals surface area contributed by atoms with Crippen LogP contribution in [0.5, 0.6) is 0 Å². The standard InChI is InChI=1S/C14H21NO4/c1-4-8-15(10-13(16)18-6-3)14(17)11-7-9-19-12(11)5-2/h7,9H,4-6,8,10H2,1-3H3. The number of carbonyl (C=O) groups is 2. The van der Waals surface area contributed by atoms with Crippen molar-refractivity contribution in [2.75, 3.05) is 19.7 Å².